The van der Waals surface area contributed by atoms with Gasteiger partial charge in [0.25, 0.3) is 0 Å². The average Bonchev–Trinajstić information content (AvgIpc) is 3.25. The summed E-state index contributed by atoms with van der Waals surface area (Å²) in [7, 11) is 1.82. The Labute approximate surface area is 111 Å². The van der Waals surface area contributed by atoms with Crippen LogP contribution in [-0.2, 0) is 0 Å². The fourth-order valence-corrected chi connectivity index (χ4v) is 1.92. The quantitative estimate of drug-likeness (QED) is 0.734. The molecule has 1 saturated carbocycles. The second kappa shape index (κ2) is 4.76. The number of nitrogens with zero attached hydrogens (tertiary/aromatic N) is 2. The summed E-state index contributed by atoms with van der Waals surface area (Å²) in [6, 6.07) is 8.90. The van der Waals surface area contributed by atoms with Gasteiger partial charge in [0.15, 0.2) is 0 Å². The van der Waals surface area contributed by atoms with Crippen molar-refractivity contribution in [3.63, 3.8) is 0 Å². The van der Waals surface area contributed by atoms with Gasteiger partial charge < -0.3 is 15.7 Å². The number of hydrogen-bond acceptors (Lipinski definition) is 5. The lowest BCUT2D eigenvalue weighted by Gasteiger charge is -2.09. The van der Waals surface area contributed by atoms with Crippen molar-refractivity contribution >= 4 is 17.5 Å². The van der Waals surface area contributed by atoms with E-state index in [4.69, 9.17) is 0 Å². The molecule has 0 amide bonds. The Kier molecular flexibility index (Phi) is 2.95. The maximum Gasteiger partial charge on any atom is 0.224 e. The van der Waals surface area contributed by atoms with Gasteiger partial charge in [0, 0.05) is 24.7 Å². The van der Waals surface area contributed by atoms with Gasteiger partial charge in [-0.25, -0.2) is 4.98 Å². The summed E-state index contributed by atoms with van der Waals surface area (Å²) in [5, 5.41) is 15.5. The zero-order valence-corrected chi connectivity index (χ0v) is 10.7. The molecule has 0 aliphatic heterocycles. The smallest absolute Gasteiger partial charge is 0.224 e. The van der Waals surface area contributed by atoms with Crippen LogP contribution in [0.2, 0.25) is 0 Å². The van der Waals surface area contributed by atoms with Gasteiger partial charge in [-0.3, -0.25) is 0 Å². The summed E-state index contributed by atoms with van der Waals surface area (Å²) in [4.78, 5) is 8.85. The summed E-state index contributed by atoms with van der Waals surface area (Å²) >= 11 is 0. The standard InChI is InChI=1S/C14H16N4O/c1-15-14-17-12(9-2-3-9)8-13(18-14)16-10-4-6-11(19)7-5-10/h4-9,19H,2-3H2,1H3,(H2,15,16,17,18). The van der Waals surface area contributed by atoms with Gasteiger partial charge in [-0.05, 0) is 37.1 Å². The molecule has 5 nitrogen and oxygen atoms in total. The van der Waals surface area contributed by atoms with Crippen molar-refractivity contribution in [2.75, 3.05) is 17.7 Å². The Morgan fingerprint density at radius 1 is 1.16 bits per heavy atom. The van der Waals surface area contributed by atoms with E-state index in [1.165, 1.54) is 12.8 Å². The second-order valence-electron chi connectivity index (χ2n) is 4.70. The Balaban J connectivity index is 1.86. The van der Waals surface area contributed by atoms with Gasteiger partial charge in [-0.15, -0.1) is 0 Å². The fraction of sp³-hybridized carbons (Fsp3) is 0.286. The first-order chi connectivity index (χ1) is 9.24. The molecule has 2 aromatic rings. The lowest BCUT2D eigenvalue weighted by Crippen LogP contribution is -2.03. The van der Waals surface area contributed by atoms with E-state index >= 15 is 0 Å². The van der Waals surface area contributed by atoms with Gasteiger partial charge >= 0.3 is 0 Å². The maximum atomic E-state index is 9.27. The van der Waals surface area contributed by atoms with Crippen LogP contribution in [0, 0.1) is 0 Å². The molecule has 1 aliphatic carbocycles. The molecule has 3 N–H and O–H groups in total. The van der Waals surface area contributed by atoms with Crippen LogP contribution in [-0.4, -0.2) is 22.1 Å². The summed E-state index contributed by atoms with van der Waals surface area (Å²) in [5.41, 5.74) is 1.97. The second-order valence-corrected chi connectivity index (χ2v) is 4.70. The van der Waals surface area contributed by atoms with E-state index < -0.39 is 0 Å². The molecule has 1 heterocycles. The predicted molar refractivity (Wildman–Crippen MR) is 74.9 cm³/mol. The van der Waals surface area contributed by atoms with Crippen molar-refractivity contribution in [1.29, 1.82) is 0 Å². The van der Waals surface area contributed by atoms with Crippen molar-refractivity contribution in [3.05, 3.63) is 36.0 Å². The highest BCUT2D eigenvalue weighted by molar-refractivity contribution is 5.58. The van der Waals surface area contributed by atoms with E-state index in [2.05, 4.69) is 20.6 Å². The van der Waals surface area contributed by atoms with Crippen molar-refractivity contribution in [2.24, 2.45) is 0 Å². The van der Waals surface area contributed by atoms with E-state index in [0.717, 1.165) is 17.2 Å². The number of benzene rings is 1. The van der Waals surface area contributed by atoms with Crippen LogP contribution < -0.4 is 10.6 Å². The van der Waals surface area contributed by atoms with Crippen molar-refractivity contribution in [1.82, 2.24) is 9.97 Å². The largest absolute Gasteiger partial charge is 0.508 e. The van der Waals surface area contributed by atoms with Crippen LogP contribution in [0.1, 0.15) is 24.5 Å². The Morgan fingerprint density at radius 3 is 2.53 bits per heavy atom. The molecule has 0 spiro atoms. The number of anilines is 3. The van der Waals surface area contributed by atoms with E-state index in [9.17, 15) is 5.11 Å². The minimum atomic E-state index is 0.253. The van der Waals surface area contributed by atoms with Crippen LogP contribution >= 0.6 is 0 Å². The minimum absolute atomic E-state index is 0.253. The molecule has 1 aromatic heterocycles. The van der Waals surface area contributed by atoms with Gasteiger partial charge in [-0.2, -0.15) is 4.98 Å². The first-order valence-corrected chi connectivity index (χ1v) is 6.37. The highest BCUT2D eigenvalue weighted by Crippen LogP contribution is 2.40. The first-order valence-electron chi connectivity index (χ1n) is 6.37. The third-order valence-corrected chi connectivity index (χ3v) is 3.10. The van der Waals surface area contributed by atoms with E-state index in [0.29, 0.717) is 11.9 Å². The van der Waals surface area contributed by atoms with Crippen LogP contribution in [0.3, 0.4) is 0 Å². The lowest BCUT2D eigenvalue weighted by molar-refractivity contribution is 0.475. The number of aromatic nitrogens is 2. The highest BCUT2D eigenvalue weighted by atomic mass is 16.3. The monoisotopic (exact) mass is 256 g/mol. The Morgan fingerprint density at radius 2 is 1.89 bits per heavy atom. The molecule has 1 aromatic carbocycles. The predicted octanol–water partition coefficient (Wildman–Crippen LogP) is 2.84. The van der Waals surface area contributed by atoms with Crippen LogP contribution in [0.25, 0.3) is 0 Å². The molecule has 0 atom stereocenters. The molecule has 1 aliphatic rings. The summed E-state index contributed by atoms with van der Waals surface area (Å²) in [6.45, 7) is 0. The molecule has 0 unspecified atom stereocenters. The van der Waals surface area contributed by atoms with E-state index in [1.807, 2.05) is 25.2 Å². The number of phenols is 1. The molecule has 5 heteroatoms. The van der Waals surface area contributed by atoms with Crippen molar-refractivity contribution in [3.8, 4) is 5.75 Å². The van der Waals surface area contributed by atoms with Gasteiger partial charge in [0.05, 0.1) is 5.69 Å². The molecule has 3 rings (SSSR count). The third kappa shape index (κ3) is 2.76. The molecular weight excluding hydrogens is 240 g/mol. The molecule has 19 heavy (non-hydrogen) atoms. The molecule has 0 saturated heterocycles. The van der Waals surface area contributed by atoms with Crippen LogP contribution in [0.15, 0.2) is 30.3 Å². The van der Waals surface area contributed by atoms with Gasteiger partial charge in [-0.1, -0.05) is 0 Å². The maximum absolute atomic E-state index is 9.27. The topological polar surface area (TPSA) is 70.1 Å². The molecule has 0 bridgehead atoms. The third-order valence-electron chi connectivity index (χ3n) is 3.10. The van der Waals surface area contributed by atoms with E-state index in [1.54, 1.807) is 12.1 Å². The number of phenolic OH excluding ortho intramolecular Hbond substituents is 1. The average molecular weight is 256 g/mol. The van der Waals surface area contributed by atoms with E-state index in [-0.39, 0.29) is 5.75 Å². The summed E-state index contributed by atoms with van der Waals surface area (Å²) in [5.74, 6) is 2.23. The number of aromatic hydroxyl groups is 1. The Hall–Kier alpha value is -2.30. The van der Waals surface area contributed by atoms with Gasteiger partial charge in [0.1, 0.15) is 11.6 Å². The SMILES string of the molecule is CNc1nc(Nc2ccc(O)cc2)cc(C2CC2)n1. The van der Waals surface area contributed by atoms with Crippen molar-refractivity contribution < 1.29 is 5.11 Å². The first kappa shape index (κ1) is 11.8. The molecule has 98 valence electrons. The Bertz CT molecular complexity index is 578. The van der Waals surface area contributed by atoms with Gasteiger partial charge in [0.2, 0.25) is 5.95 Å². The molecule has 0 radical (unpaired) electrons. The minimum Gasteiger partial charge on any atom is -0.508 e. The number of nitrogens with one attached hydrogen (secondary N) is 2. The van der Waals surface area contributed by atoms with Crippen LogP contribution in [0.4, 0.5) is 17.5 Å². The highest BCUT2D eigenvalue weighted by Gasteiger charge is 2.26. The normalized spacial score (nSPS) is 14.2. The van der Waals surface area contributed by atoms with Crippen LogP contribution in [0.5, 0.6) is 5.75 Å². The lowest BCUT2D eigenvalue weighted by atomic mass is 10.2. The zero-order chi connectivity index (χ0) is 13.2. The summed E-state index contributed by atoms with van der Waals surface area (Å²) < 4.78 is 0. The summed E-state index contributed by atoms with van der Waals surface area (Å²) in [6.07, 6.45) is 2.41. The molecular formula is C14H16N4O. The zero-order valence-electron chi connectivity index (χ0n) is 10.7. The number of rotatable bonds is 4. The fourth-order valence-electron chi connectivity index (χ4n) is 1.92. The van der Waals surface area contributed by atoms with Crippen molar-refractivity contribution in [2.45, 2.75) is 18.8 Å². The molecule has 1 fully saturated rings. The number of hydrogen-bond donors (Lipinski definition) is 3.